The molecule has 19 rings (SSSR count). The van der Waals surface area contributed by atoms with Crippen molar-refractivity contribution in [2.75, 3.05) is 85.3 Å². The zero-order chi connectivity index (χ0) is 74.4. The monoisotopic (exact) mass is 1460 g/mol. The van der Waals surface area contributed by atoms with Gasteiger partial charge in [-0.3, -0.25) is 40.3 Å². The predicted molar refractivity (Wildman–Crippen MR) is 435 cm³/mol. The lowest BCUT2D eigenvalue weighted by Crippen LogP contribution is -2.38. The summed E-state index contributed by atoms with van der Waals surface area (Å²) in [6, 6.07) is 66.4. The fourth-order valence-corrected chi connectivity index (χ4v) is 15.3. The zero-order valence-corrected chi connectivity index (χ0v) is 60.2. The van der Waals surface area contributed by atoms with E-state index in [9.17, 15) is 12.8 Å². The molecule has 0 bridgehead atoms. The number of H-pyrrole nitrogens is 4. The number of nitrogens with zero attached hydrogens (tertiary/aromatic N) is 12. The number of nitriles is 1. The Morgan fingerprint density at radius 3 is 1.10 bits per heavy atom. The lowest BCUT2D eigenvalue weighted by atomic mass is 9.99. The van der Waals surface area contributed by atoms with Crippen molar-refractivity contribution in [3.05, 3.63) is 261 Å². The van der Waals surface area contributed by atoms with Crippen LogP contribution in [-0.4, -0.2) is 154 Å². The van der Waals surface area contributed by atoms with E-state index in [-0.39, 0.29) is 11.5 Å². The van der Waals surface area contributed by atoms with Crippen LogP contribution in [0.25, 0.3) is 104 Å². The van der Waals surface area contributed by atoms with E-state index in [4.69, 9.17) is 10.00 Å². The number of anilines is 8. The van der Waals surface area contributed by atoms with Crippen LogP contribution in [0.5, 0.6) is 0 Å². The number of aromatic amines is 4. The van der Waals surface area contributed by atoms with Gasteiger partial charge >= 0.3 is 0 Å². The van der Waals surface area contributed by atoms with E-state index < -0.39 is 16.0 Å². The van der Waals surface area contributed by atoms with E-state index in [1.807, 2.05) is 115 Å². The molecule has 542 valence electrons. The lowest BCUT2D eigenvalue weighted by Gasteiger charge is -2.32. The summed E-state index contributed by atoms with van der Waals surface area (Å²) in [4.78, 5) is 24.1. The first-order valence-electron chi connectivity index (χ1n) is 35.8. The van der Waals surface area contributed by atoms with Crippen molar-refractivity contribution in [1.29, 1.82) is 5.26 Å². The van der Waals surface area contributed by atoms with Gasteiger partial charge in [-0.1, -0.05) is 111 Å². The Labute approximate surface area is 626 Å². The molecule has 0 saturated carbocycles. The minimum absolute atomic E-state index is 0.177. The third kappa shape index (κ3) is 15.2. The lowest BCUT2D eigenvalue weighted by molar-refractivity contribution is 0.0641. The quantitative estimate of drug-likeness (QED) is 0.0502. The molecule has 3 aliphatic heterocycles. The molecule has 16 aromatic rings. The Bertz CT molecular complexity index is 6260. The second-order valence-electron chi connectivity index (χ2n) is 26.7. The molecule has 0 atom stereocenters. The van der Waals surface area contributed by atoms with Crippen molar-refractivity contribution in [1.82, 2.24) is 75.4 Å². The highest BCUT2D eigenvalue weighted by atomic mass is 32.2. The molecule has 0 radical (unpaired) electrons. The number of likely N-dealkylation sites (tertiary alicyclic amines) is 1. The standard InChI is InChI=1S/C23H22FN5.C22H21N5O2S.C22H21N5O.C17H11N5/c1-15(29-12-9-17(24)10-13-29)19-5-2-4-16-14-18(7-8-20(16)19)26-23-22-21(27-28-23)6-3-11-25-22;1-15(27-10-12-30(28,29)13-11-27)18-5-2-4-16-14-17(7-8-19(16)18)24-22-21-20(25-26-22)6-3-9-23-21;1-15(27-10-12-28-13-11-27)18-5-2-4-16-14-17(7-8-19(16)18)24-22-21-20(25-26-22)6-3-9-23-21;18-10-12-4-1-3-11-9-13(6-7-14(11)12)20-17-16-15(21-22-17)5-2-8-19-16/h2-8,11,14,17H,1,9-10,12-13H2,(H2,26,27,28);2-9,14H,1,10-13H2,(H2,24,25,26);2-9,14H,1,10-13H2,(H2,24,25,26);1-9H,(H2,20,21,22). The molecule has 3 fully saturated rings. The van der Waals surface area contributed by atoms with Gasteiger partial charge in [0.25, 0.3) is 0 Å². The first kappa shape index (κ1) is 69.8. The van der Waals surface area contributed by atoms with Crippen LogP contribution in [0.1, 0.15) is 35.1 Å². The first-order chi connectivity index (χ1) is 53.3. The second kappa shape index (κ2) is 30.9. The van der Waals surface area contributed by atoms with Crippen LogP contribution in [0, 0.1) is 11.3 Å². The molecule has 8 aromatic carbocycles. The fraction of sp³-hybridized carbons (Fsp3) is 0.155. The van der Waals surface area contributed by atoms with Crippen molar-refractivity contribution < 1.29 is 17.5 Å². The van der Waals surface area contributed by atoms with E-state index in [0.29, 0.717) is 48.9 Å². The molecule has 0 unspecified atom stereocenters. The number of halogens is 1. The molecule has 0 aliphatic carbocycles. The number of ether oxygens (including phenoxy) is 1. The number of hydrogen-bond donors (Lipinski definition) is 8. The van der Waals surface area contributed by atoms with Gasteiger partial charge in [0.05, 0.1) is 58.4 Å². The van der Waals surface area contributed by atoms with Crippen molar-refractivity contribution in [2.24, 2.45) is 0 Å². The largest absolute Gasteiger partial charge is 0.378 e. The SMILES string of the molecule is C=C(c1cccc2cc(Nc3n[nH]c4cccnc34)ccc12)N1CCC(F)CC1.C=C(c1cccc2cc(Nc3n[nH]c4cccnc34)ccc12)N1CCOCC1.C=C(c1cccc2cc(Nc3n[nH]c4cccnc34)ccc12)N1CCS(=O)(=O)CC1.N#Cc1cccc2cc(Nc3n[nH]c4cccnc34)ccc12. The average molecular weight is 1460 g/mol. The van der Waals surface area contributed by atoms with Gasteiger partial charge in [0.2, 0.25) is 0 Å². The van der Waals surface area contributed by atoms with Crippen LogP contribution in [0.2, 0.25) is 0 Å². The van der Waals surface area contributed by atoms with Crippen LogP contribution in [0.3, 0.4) is 0 Å². The van der Waals surface area contributed by atoms with Crippen LogP contribution in [0.4, 0.5) is 50.4 Å². The molecule has 3 aliphatic rings. The maximum Gasteiger partial charge on any atom is 0.178 e. The fourth-order valence-electron chi connectivity index (χ4n) is 14.1. The van der Waals surface area contributed by atoms with E-state index in [0.717, 1.165) is 184 Å². The molecule has 3 saturated heterocycles. The normalized spacial score (nSPS) is 14.3. The Kier molecular flexibility index (Phi) is 19.8. The number of fused-ring (bicyclic) bond motifs is 8. The van der Waals surface area contributed by atoms with Crippen LogP contribution in [-0.2, 0) is 14.6 Å². The van der Waals surface area contributed by atoms with Gasteiger partial charge in [0, 0.05) is 121 Å². The summed E-state index contributed by atoms with van der Waals surface area (Å²) in [5.74, 6) is 3.15. The number of alkyl halides is 1. The first-order valence-corrected chi connectivity index (χ1v) is 37.7. The number of sulfone groups is 1. The summed E-state index contributed by atoms with van der Waals surface area (Å²) in [5.41, 5.74) is 17.4. The molecule has 109 heavy (non-hydrogen) atoms. The summed E-state index contributed by atoms with van der Waals surface area (Å²) >= 11 is 0. The van der Waals surface area contributed by atoms with Gasteiger partial charge < -0.3 is 40.7 Å². The summed E-state index contributed by atoms with van der Waals surface area (Å²) in [6.07, 6.45) is 7.47. The Hall–Kier alpha value is -13.6. The number of nitrogens with one attached hydrogen (secondary N) is 8. The maximum atomic E-state index is 13.5. The van der Waals surface area contributed by atoms with Gasteiger partial charge in [-0.2, -0.15) is 25.7 Å². The topological polar surface area (TPSA) is 291 Å². The van der Waals surface area contributed by atoms with E-state index in [1.165, 1.54) is 5.39 Å². The molecule has 11 heterocycles. The van der Waals surface area contributed by atoms with Gasteiger partial charge in [-0.05, 0) is 159 Å². The van der Waals surface area contributed by atoms with Crippen molar-refractivity contribution >= 4 is 160 Å². The Morgan fingerprint density at radius 2 is 0.743 bits per heavy atom. The highest BCUT2D eigenvalue weighted by Gasteiger charge is 2.25. The highest BCUT2D eigenvalue weighted by Crippen LogP contribution is 2.36. The summed E-state index contributed by atoms with van der Waals surface area (Å²) in [5, 5.41) is 60.3. The van der Waals surface area contributed by atoms with E-state index >= 15 is 0 Å². The maximum absolute atomic E-state index is 13.5. The number of hydrogen-bond acceptors (Lipinski definition) is 19. The molecule has 8 aromatic heterocycles. The molecule has 0 spiro atoms. The molecule has 25 heteroatoms. The number of morpholine rings is 1. The van der Waals surface area contributed by atoms with Crippen molar-refractivity contribution in [3.8, 4) is 6.07 Å². The van der Waals surface area contributed by atoms with Gasteiger partial charge in [0.1, 0.15) is 28.2 Å². The average Bonchev–Trinajstić information content (AvgIpc) is 0.979. The smallest absolute Gasteiger partial charge is 0.178 e. The van der Waals surface area contributed by atoms with E-state index in [1.54, 1.807) is 24.8 Å². The van der Waals surface area contributed by atoms with Crippen LogP contribution >= 0.6 is 0 Å². The number of rotatable bonds is 14. The summed E-state index contributed by atoms with van der Waals surface area (Å²) in [6.45, 7) is 18.6. The highest BCUT2D eigenvalue weighted by molar-refractivity contribution is 7.91. The third-order valence-corrected chi connectivity index (χ3v) is 21.4. The number of aromatic nitrogens is 12. The van der Waals surface area contributed by atoms with Crippen molar-refractivity contribution in [3.63, 3.8) is 0 Å². The van der Waals surface area contributed by atoms with Gasteiger partial charge in [-0.15, -0.1) is 0 Å². The molecule has 8 N–H and O–H groups in total. The molecular weight excluding hydrogens is 1390 g/mol. The van der Waals surface area contributed by atoms with E-state index in [2.05, 4.69) is 201 Å². The molecule has 0 amide bonds. The number of benzene rings is 8. The minimum atomic E-state index is -2.92. The third-order valence-electron chi connectivity index (χ3n) is 19.8. The second-order valence-corrected chi connectivity index (χ2v) is 29.0. The molecular formula is C84H75FN20O3S. The number of pyridine rings is 4. The summed E-state index contributed by atoms with van der Waals surface area (Å²) < 4.78 is 42.4. The Morgan fingerprint density at radius 1 is 0.422 bits per heavy atom. The van der Waals surface area contributed by atoms with Crippen molar-refractivity contribution in [2.45, 2.75) is 19.0 Å². The Balaban J connectivity index is 0.000000111. The minimum Gasteiger partial charge on any atom is -0.378 e. The van der Waals surface area contributed by atoms with Crippen LogP contribution < -0.4 is 21.3 Å². The van der Waals surface area contributed by atoms with Crippen LogP contribution in [0.15, 0.2) is 239 Å². The number of piperidine rings is 1. The van der Waals surface area contributed by atoms with Gasteiger partial charge in [0.15, 0.2) is 33.1 Å². The summed E-state index contributed by atoms with van der Waals surface area (Å²) in [7, 11) is -2.92. The molecule has 23 nitrogen and oxygen atoms in total. The zero-order valence-electron chi connectivity index (χ0n) is 59.3. The van der Waals surface area contributed by atoms with Gasteiger partial charge in [-0.25, -0.2) is 12.8 Å². The predicted octanol–water partition coefficient (Wildman–Crippen LogP) is 16.7.